The quantitative estimate of drug-likeness (QED) is 0.0502. The molecular weight excluding hydrogens is 1280 g/mol. The number of halogens is 1. The molecule has 2 amide bonds. The number of carbonyl (C=O) groups excluding carboxylic acids is 2. The van der Waals surface area contributed by atoms with E-state index in [4.69, 9.17) is 48.5 Å². The van der Waals surface area contributed by atoms with E-state index in [1.807, 2.05) is 110 Å². The maximum atomic E-state index is 14.6. The molecule has 0 unspecified atom stereocenters. The van der Waals surface area contributed by atoms with Crippen LogP contribution in [0.2, 0.25) is 0 Å². The Morgan fingerprint density at radius 2 is 1.05 bits per heavy atom. The molecule has 0 radical (unpaired) electrons. The number of methoxy groups -OCH3 is 5. The van der Waals surface area contributed by atoms with Crippen molar-refractivity contribution in [1.29, 1.82) is 0 Å². The number of aromatic amines is 1. The molecule has 0 saturated heterocycles. The van der Waals surface area contributed by atoms with Crippen molar-refractivity contribution in [3.05, 3.63) is 206 Å². The lowest BCUT2D eigenvalue weighted by Gasteiger charge is -2.27. The average molecular weight is 1360 g/mol. The molecule has 514 valence electrons. The highest BCUT2D eigenvalue weighted by Crippen LogP contribution is 2.39. The summed E-state index contributed by atoms with van der Waals surface area (Å²) >= 11 is 0. The standard InChI is InChI=1S/C29H23FN6O3.C25H30N6O2.C21H22N6O2/c1-34-17-18(15-32-34)27-16-31-25-8-7-20(14-26(25)33-27)35(21-11-19(30)12-22(13-21)39-2)9-10-36-28(37)23-5-3-4-6-24(23)29(36)38;1-17(2)26-8-9-31(20-10-21(32-4)13-22(11-20)33-5)19-6-7-23-24(12-19)29-25(15-27-23)18-14-28-30(3)16-18;1-28-16-4-6-21(29-2)20(10-16)27(8-7-22)15-3-5-17-18(9-15)26-19(13-23-17)14-11-24-25-12-14/h3-8,11-17H,9-10H2,1-2H3;6-7,10-17,26H,8-9H2,1-5H3;3-6,9-13H,7-8,22H2,1-2H3,(H,24,25)/i;4D3;. The molecule has 13 aromatic rings. The van der Waals surface area contributed by atoms with Crippen molar-refractivity contribution in [3.8, 4) is 62.5 Å². The fraction of sp³-hybridized carbons (Fsp3) is 0.213. The van der Waals surface area contributed by atoms with Gasteiger partial charge in [-0.2, -0.15) is 15.3 Å². The van der Waals surface area contributed by atoms with E-state index in [0.717, 1.165) is 84.4 Å². The third kappa shape index (κ3) is 15.6. The highest BCUT2D eigenvalue weighted by atomic mass is 19.1. The summed E-state index contributed by atoms with van der Waals surface area (Å²) in [5.74, 6) is 1.34. The number of aromatic nitrogens is 12. The molecule has 0 bridgehead atoms. The topological polar surface area (TPSA) is 273 Å². The van der Waals surface area contributed by atoms with Gasteiger partial charge in [0, 0.05) is 160 Å². The first-order valence-electron chi connectivity index (χ1n) is 33.7. The SMILES string of the molecule is COc1cc(F)cc(N(CCN2C(=O)c3ccccc3C2=O)c2ccc3ncc(-c4cnn(C)c4)nc3c2)c1.COc1ccc(OC)c(N(CCN)c2ccc3ncc(-c4cn[nH]c4)nc3c2)c1.[2H]C([2H])([2H])Oc1cc(OC)cc(N(CCNC(C)C)c2ccc3ncc(-c4cnn(C)c4)nc3c2)c1. The Bertz CT molecular complexity index is 5180. The van der Waals surface area contributed by atoms with E-state index in [2.05, 4.69) is 64.3 Å². The number of fused-ring (bicyclic) bond motifs is 4. The largest absolute Gasteiger partial charge is 0.497 e. The second kappa shape index (κ2) is 31.0. The molecule has 0 saturated carbocycles. The zero-order valence-electron chi connectivity index (χ0n) is 59.7. The molecule has 1 aliphatic heterocycles. The molecule has 0 spiro atoms. The van der Waals surface area contributed by atoms with Gasteiger partial charge in [-0.05, 0) is 84.9 Å². The van der Waals surface area contributed by atoms with E-state index >= 15 is 0 Å². The number of hydrogen-bond acceptors (Lipinski definition) is 21. The van der Waals surface area contributed by atoms with Gasteiger partial charge in [-0.25, -0.2) is 19.3 Å². The lowest BCUT2D eigenvalue weighted by molar-refractivity contribution is 0.0658. The van der Waals surface area contributed by atoms with Gasteiger partial charge in [-0.15, -0.1) is 0 Å². The van der Waals surface area contributed by atoms with Gasteiger partial charge in [-0.1, -0.05) is 26.0 Å². The number of amides is 2. The second-order valence-corrected chi connectivity index (χ2v) is 23.6. The van der Waals surface area contributed by atoms with Gasteiger partial charge in [0.25, 0.3) is 11.8 Å². The fourth-order valence-electron chi connectivity index (χ4n) is 11.6. The van der Waals surface area contributed by atoms with Crippen LogP contribution in [0.25, 0.3) is 66.9 Å². The van der Waals surface area contributed by atoms with Gasteiger partial charge in [0.2, 0.25) is 0 Å². The molecule has 1 aliphatic rings. The monoisotopic (exact) mass is 1360 g/mol. The van der Waals surface area contributed by atoms with Crippen molar-refractivity contribution in [2.24, 2.45) is 19.8 Å². The molecule has 6 aromatic heterocycles. The molecule has 101 heavy (non-hydrogen) atoms. The molecular formula is C75H75FN18O7. The molecule has 7 aromatic carbocycles. The Morgan fingerprint density at radius 1 is 0.535 bits per heavy atom. The van der Waals surface area contributed by atoms with E-state index in [9.17, 15) is 14.0 Å². The van der Waals surface area contributed by atoms with Gasteiger partial charge in [0.1, 0.15) is 34.6 Å². The van der Waals surface area contributed by atoms with Gasteiger partial charge in [-0.3, -0.25) is 43.9 Å². The molecule has 14 rings (SSSR count). The summed E-state index contributed by atoms with van der Waals surface area (Å²) in [4.78, 5) is 61.2. The van der Waals surface area contributed by atoms with Crippen molar-refractivity contribution < 1.29 is 41.8 Å². The summed E-state index contributed by atoms with van der Waals surface area (Å²) in [5.41, 5.74) is 20.4. The van der Waals surface area contributed by atoms with E-state index < -0.39 is 12.9 Å². The van der Waals surface area contributed by atoms with Crippen LogP contribution in [0.15, 0.2) is 189 Å². The number of H-pyrrole nitrogens is 1. The number of nitrogens with zero attached hydrogens (tertiary/aromatic N) is 15. The molecule has 4 N–H and O–H groups in total. The number of nitrogens with one attached hydrogen (secondary N) is 2. The lowest BCUT2D eigenvalue weighted by Crippen LogP contribution is -2.37. The number of ether oxygens (including phenoxy) is 5. The Labute approximate surface area is 586 Å². The zero-order valence-corrected chi connectivity index (χ0v) is 56.7. The second-order valence-electron chi connectivity index (χ2n) is 23.6. The van der Waals surface area contributed by atoms with Crippen LogP contribution >= 0.6 is 0 Å². The van der Waals surface area contributed by atoms with Crippen LogP contribution in [0.5, 0.6) is 28.7 Å². The molecule has 7 heterocycles. The third-order valence-electron chi connectivity index (χ3n) is 16.6. The number of nitrogens with two attached hydrogens (primary N) is 1. The first kappa shape index (κ1) is 64.6. The van der Waals surface area contributed by atoms with Crippen LogP contribution in [-0.2, 0) is 14.1 Å². The number of imide groups is 1. The number of benzene rings is 7. The van der Waals surface area contributed by atoms with E-state index in [0.29, 0.717) is 82.9 Å². The van der Waals surface area contributed by atoms with Crippen molar-refractivity contribution in [2.75, 3.05) is 89.4 Å². The summed E-state index contributed by atoms with van der Waals surface area (Å²) in [5, 5.41) is 18.7. The van der Waals surface area contributed by atoms with Crippen LogP contribution in [0.1, 0.15) is 38.7 Å². The summed E-state index contributed by atoms with van der Waals surface area (Å²) in [6, 6.07) is 39.6. The summed E-state index contributed by atoms with van der Waals surface area (Å²) in [6.07, 6.45) is 15.9. The maximum Gasteiger partial charge on any atom is 0.261 e. The Balaban J connectivity index is 0.000000148. The Kier molecular flexibility index (Phi) is 19.8. The van der Waals surface area contributed by atoms with Crippen LogP contribution in [0.3, 0.4) is 0 Å². The molecule has 26 heteroatoms. The summed E-state index contributed by atoms with van der Waals surface area (Å²) < 4.78 is 67.4. The third-order valence-corrected chi connectivity index (χ3v) is 16.6. The van der Waals surface area contributed by atoms with Gasteiger partial charge >= 0.3 is 0 Å². The van der Waals surface area contributed by atoms with Crippen molar-refractivity contribution in [3.63, 3.8) is 0 Å². The number of carbonyl (C=O) groups is 2. The van der Waals surface area contributed by atoms with Crippen molar-refractivity contribution >= 4 is 79.0 Å². The Morgan fingerprint density at radius 3 is 1.53 bits per heavy atom. The minimum Gasteiger partial charge on any atom is -0.497 e. The van der Waals surface area contributed by atoms with Crippen LogP contribution in [0.4, 0.5) is 38.5 Å². The van der Waals surface area contributed by atoms with Crippen molar-refractivity contribution in [1.82, 2.24) is 69.9 Å². The van der Waals surface area contributed by atoms with Gasteiger partial charge < -0.3 is 49.4 Å². The minimum absolute atomic E-state index is 0.0879. The number of rotatable bonds is 23. The average Bonchev–Trinajstić information content (AvgIpc) is 1.74. The van der Waals surface area contributed by atoms with E-state index in [1.165, 1.54) is 31.3 Å². The smallest absolute Gasteiger partial charge is 0.261 e. The van der Waals surface area contributed by atoms with Gasteiger partial charge in [0.05, 0.1) is 144 Å². The lowest BCUT2D eigenvalue weighted by atomic mass is 10.1. The van der Waals surface area contributed by atoms with Crippen LogP contribution < -0.4 is 49.4 Å². The Hall–Kier alpha value is -12.4. The number of hydrogen-bond donors (Lipinski definition) is 3. The molecule has 0 atom stereocenters. The predicted molar refractivity (Wildman–Crippen MR) is 388 cm³/mol. The summed E-state index contributed by atoms with van der Waals surface area (Å²) in [7, 11) is 7.40. The first-order valence-corrected chi connectivity index (χ1v) is 32.2. The van der Waals surface area contributed by atoms with E-state index in [1.54, 1.807) is 109 Å². The first-order chi connectivity index (χ1) is 50.2. The number of aryl methyl sites for hydroxylation is 2. The molecule has 0 aliphatic carbocycles. The normalized spacial score (nSPS) is 12.3. The molecule has 0 fully saturated rings. The highest BCUT2D eigenvalue weighted by molar-refractivity contribution is 6.21. The molecule has 25 nitrogen and oxygen atoms in total. The maximum absolute atomic E-state index is 14.6. The van der Waals surface area contributed by atoms with E-state index in [-0.39, 0.29) is 30.7 Å². The minimum atomic E-state index is -2.57. The number of anilines is 6. The van der Waals surface area contributed by atoms with Crippen LogP contribution in [-0.4, -0.2) is 157 Å². The highest BCUT2D eigenvalue weighted by Gasteiger charge is 2.35. The summed E-state index contributed by atoms with van der Waals surface area (Å²) in [6.45, 7) is 6.85. The predicted octanol–water partition coefficient (Wildman–Crippen LogP) is 11.9. The van der Waals surface area contributed by atoms with Crippen molar-refractivity contribution in [2.45, 2.75) is 19.9 Å². The zero-order chi connectivity index (χ0) is 73.2. The fourth-order valence-corrected chi connectivity index (χ4v) is 11.6. The van der Waals surface area contributed by atoms with Gasteiger partial charge in [0.15, 0.2) is 0 Å². The van der Waals surface area contributed by atoms with Crippen LogP contribution in [0, 0.1) is 5.82 Å².